The molecule has 5 rings (SSSR count). The van der Waals surface area contributed by atoms with Crippen LogP contribution in [0.25, 0.3) is 0 Å². The van der Waals surface area contributed by atoms with E-state index in [9.17, 15) is 30.0 Å². The monoisotopic (exact) mass is 673 g/mol. The molecule has 0 amide bonds. The molecule has 0 aromatic heterocycles. The molecule has 1 aliphatic heterocycles. The first-order chi connectivity index (χ1) is 21.9. The number of unbranched alkanes of at least 4 members (excludes halogenated alkanes) is 1. The second kappa shape index (κ2) is 14.4. The van der Waals surface area contributed by atoms with E-state index >= 15 is 0 Å². The molecule has 3 aliphatic rings. The van der Waals surface area contributed by atoms with Gasteiger partial charge in [0.1, 0.15) is 22.8 Å². The third-order valence-electron chi connectivity index (χ3n) is 9.38. The van der Waals surface area contributed by atoms with Gasteiger partial charge in [0.15, 0.2) is 12.1 Å². The fourth-order valence-electron chi connectivity index (χ4n) is 6.58. The number of halogens is 1. The van der Waals surface area contributed by atoms with Crippen LogP contribution in [-0.4, -0.2) is 80.7 Å². The van der Waals surface area contributed by atoms with Crippen LogP contribution >= 0.6 is 12.4 Å². The standard InChI is InChI=1S/C34H43N3O9.ClH/c1-6-8-10-18(7-2)37-36-17(4)34(43)14-20-26(23(15-34)46-24-13-21(35)29(38)16(3)45-24)33(42)28-27(31(20)40)30(39)19-11-9-12-22(44-5)25(19)32(28)41;/h9,11-12,16,21,23-24,29,38,40,42-43H,6-8,10,13-15,35H2,1-5H3;1H/b36-17+,37-18+;. The Morgan fingerprint density at radius 2 is 1.81 bits per heavy atom. The molecule has 2 aromatic carbocycles. The molecular formula is C34H44ClN3O9. The second-order valence-corrected chi connectivity index (χ2v) is 12.4. The molecule has 2 aromatic rings. The zero-order valence-electron chi connectivity index (χ0n) is 27.3. The number of phenolic OH excluding ortho intramolecular Hbond substituents is 2. The summed E-state index contributed by atoms with van der Waals surface area (Å²) in [6.07, 6.45) is -0.593. The predicted molar refractivity (Wildman–Crippen MR) is 177 cm³/mol. The Kier molecular flexibility index (Phi) is 11.2. The van der Waals surface area contributed by atoms with E-state index in [0.29, 0.717) is 6.42 Å². The number of benzene rings is 2. The van der Waals surface area contributed by atoms with Gasteiger partial charge in [-0.3, -0.25) is 9.59 Å². The lowest BCUT2D eigenvalue weighted by atomic mass is 9.72. The summed E-state index contributed by atoms with van der Waals surface area (Å²) in [7, 11) is 1.37. The lowest BCUT2D eigenvalue weighted by molar-refractivity contribution is -0.245. The van der Waals surface area contributed by atoms with Crippen molar-refractivity contribution in [2.75, 3.05) is 7.11 Å². The topological polar surface area (TPSA) is 193 Å². The minimum absolute atomic E-state index is 0. The molecule has 2 aliphatic carbocycles. The van der Waals surface area contributed by atoms with Crippen molar-refractivity contribution in [3.05, 3.63) is 51.6 Å². The van der Waals surface area contributed by atoms with E-state index in [4.69, 9.17) is 19.9 Å². The molecule has 1 saturated heterocycles. The number of fused-ring (bicyclic) bond motifs is 3. The number of rotatable bonds is 9. The van der Waals surface area contributed by atoms with E-state index in [1.165, 1.54) is 19.2 Å². The summed E-state index contributed by atoms with van der Waals surface area (Å²) in [4.78, 5) is 27.7. The van der Waals surface area contributed by atoms with Gasteiger partial charge >= 0.3 is 0 Å². The number of nitrogens with two attached hydrogens (primary N) is 1. The summed E-state index contributed by atoms with van der Waals surface area (Å²) in [6, 6.07) is 3.88. The minimum Gasteiger partial charge on any atom is -0.507 e. The number of hydrogen-bond donors (Lipinski definition) is 5. The molecule has 1 fully saturated rings. The highest BCUT2D eigenvalue weighted by atomic mass is 35.5. The van der Waals surface area contributed by atoms with E-state index in [1.54, 1.807) is 19.9 Å². The van der Waals surface area contributed by atoms with Crippen molar-refractivity contribution in [3.63, 3.8) is 0 Å². The van der Waals surface area contributed by atoms with E-state index in [2.05, 4.69) is 17.1 Å². The Morgan fingerprint density at radius 3 is 2.45 bits per heavy atom. The average molecular weight is 674 g/mol. The molecule has 6 atom stereocenters. The molecule has 0 spiro atoms. The van der Waals surface area contributed by atoms with Gasteiger partial charge < -0.3 is 40.4 Å². The number of carbonyl (C=O) groups excluding carboxylic acids is 2. The normalized spacial score (nSPS) is 27.4. The van der Waals surface area contributed by atoms with Gasteiger partial charge in [-0.25, -0.2) is 0 Å². The molecule has 47 heavy (non-hydrogen) atoms. The lowest BCUT2D eigenvalue weighted by Crippen LogP contribution is -2.52. The van der Waals surface area contributed by atoms with Crippen molar-refractivity contribution in [1.29, 1.82) is 0 Å². The van der Waals surface area contributed by atoms with Crippen LogP contribution in [0.2, 0.25) is 0 Å². The molecule has 0 radical (unpaired) electrons. The zero-order chi connectivity index (χ0) is 33.5. The number of aromatic hydroxyl groups is 2. The van der Waals surface area contributed by atoms with Crippen LogP contribution in [0.4, 0.5) is 0 Å². The fourth-order valence-corrected chi connectivity index (χ4v) is 6.58. The van der Waals surface area contributed by atoms with Crippen LogP contribution < -0.4 is 10.5 Å². The van der Waals surface area contributed by atoms with Crippen molar-refractivity contribution >= 4 is 35.4 Å². The van der Waals surface area contributed by atoms with Gasteiger partial charge in [-0.05, 0) is 39.2 Å². The van der Waals surface area contributed by atoms with Gasteiger partial charge in [0.05, 0.1) is 47.8 Å². The third kappa shape index (κ3) is 6.55. The smallest absolute Gasteiger partial charge is 0.202 e. The molecular weight excluding hydrogens is 630 g/mol. The van der Waals surface area contributed by atoms with Gasteiger partial charge in [-0.1, -0.05) is 32.4 Å². The number of nitrogens with zero attached hydrogens (tertiary/aromatic N) is 2. The van der Waals surface area contributed by atoms with Crippen LogP contribution in [0, 0.1) is 0 Å². The average Bonchev–Trinajstić information content (AvgIpc) is 3.03. The maximum Gasteiger partial charge on any atom is 0.202 e. The highest BCUT2D eigenvalue weighted by molar-refractivity contribution is 6.31. The molecule has 13 heteroatoms. The number of phenols is 2. The number of ketones is 2. The molecule has 1 heterocycles. The second-order valence-electron chi connectivity index (χ2n) is 12.4. The Hall–Kier alpha value is -3.39. The number of aliphatic hydroxyl groups is 2. The number of hydrogen-bond acceptors (Lipinski definition) is 12. The third-order valence-corrected chi connectivity index (χ3v) is 9.38. The molecule has 256 valence electrons. The first-order valence-electron chi connectivity index (χ1n) is 15.8. The van der Waals surface area contributed by atoms with Gasteiger partial charge in [0.2, 0.25) is 5.78 Å². The van der Waals surface area contributed by atoms with Crippen LogP contribution in [0.3, 0.4) is 0 Å². The highest BCUT2D eigenvalue weighted by Crippen LogP contribution is 2.52. The van der Waals surface area contributed by atoms with Gasteiger partial charge in [0, 0.05) is 47.7 Å². The molecule has 6 unspecified atom stereocenters. The quantitative estimate of drug-likeness (QED) is 0.124. The summed E-state index contributed by atoms with van der Waals surface area (Å²) in [6.45, 7) is 7.34. The number of aliphatic hydroxyl groups excluding tert-OH is 1. The maximum absolute atomic E-state index is 13.9. The molecule has 0 saturated carbocycles. The van der Waals surface area contributed by atoms with Gasteiger partial charge in [-0.15, -0.1) is 12.4 Å². The summed E-state index contributed by atoms with van der Waals surface area (Å²) in [5, 5.41) is 54.7. The Morgan fingerprint density at radius 1 is 1.11 bits per heavy atom. The number of ether oxygens (including phenoxy) is 3. The SMILES string of the molecule is CCCC/C(CC)=N/N=C(\C)C1(O)Cc2c(O)c3c(c(O)c2C(OC2CC(N)C(O)C(C)O2)C1)C(=O)c1c(OC)cccc1C3=O.Cl. The highest BCUT2D eigenvalue weighted by Gasteiger charge is 2.49. The first-order valence-corrected chi connectivity index (χ1v) is 15.8. The van der Waals surface area contributed by atoms with Crippen LogP contribution in [0.5, 0.6) is 17.2 Å². The zero-order valence-corrected chi connectivity index (χ0v) is 28.1. The van der Waals surface area contributed by atoms with E-state index < -0.39 is 59.3 Å². The largest absolute Gasteiger partial charge is 0.507 e. The molecule has 6 N–H and O–H groups in total. The number of carbonyl (C=O) groups is 2. The van der Waals surface area contributed by atoms with E-state index in [-0.39, 0.29) is 76.5 Å². The predicted octanol–water partition coefficient (Wildman–Crippen LogP) is 4.28. The lowest BCUT2D eigenvalue weighted by Gasteiger charge is -2.42. The Labute approximate surface area is 280 Å². The van der Waals surface area contributed by atoms with Crippen molar-refractivity contribution in [2.45, 2.75) is 109 Å². The fraction of sp³-hybridized carbons (Fsp3) is 0.529. The summed E-state index contributed by atoms with van der Waals surface area (Å²) >= 11 is 0. The van der Waals surface area contributed by atoms with E-state index in [0.717, 1.165) is 25.0 Å². The van der Waals surface area contributed by atoms with Gasteiger partial charge in [-0.2, -0.15) is 10.2 Å². The molecule has 0 bridgehead atoms. The Balaban J connectivity index is 0.00000500. The van der Waals surface area contributed by atoms with Crippen molar-refractivity contribution < 1.29 is 44.2 Å². The van der Waals surface area contributed by atoms with Crippen LogP contribution in [-0.2, 0) is 15.9 Å². The minimum atomic E-state index is -1.73. The van der Waals surface area contributed by atoms with Crippen molar-refractivity contribution in [3.8, 4) is 17.2 Å². The molecule has 12 nitrogen and oxygen atoms in total. The summed E-state index contributed by atoms with van der Waals surface area (Å²) < 4.78 is 17.6. The van der Waals surface area contributed by atoms with Crippen LogP contribution in [0.15, 0.2) is 28.4 Å². The van der Waals surface area contributed by atoms with Crippen molar-refractivity contribution in [2.24, 2.45) is 15.9 Å². The maximum atomic E-state index is 13.9. The summed E-state index contributed by atoms with van der Waals surface area (Å²) in [5.41, 5.74) is 4.88. The first kappa shape index (κ1) is 36.4. The van der Waals surface area contributed by atoms with Crippen LogP contribution in [0.1, 0.15) is 115 Å². The van der Waals surface area contributed by atoms with E-state index in [1.807, 2.05) is 6.92 Å². The van der Waals surface area contributed by atoms with Gasteiger partial charge in [0.25, 0.3) is 0 Å². The Bertz CT molecular complexity index is 1600. The number of methoxy groups -OCH3 is 1. The summed E-state index contributed by atoms with van der Waals surface area (Å²) in [5.74, 6) is -2.31. The van der Waals surface area contributed by atoms with Crippen molar-refractivity contribution in [1.82, 2.24) is 0 Å².